The molecule has 92 valence electrons. The SMILES string of the molecule is CC(C)CCCCOC(=O)C(C)(C)N.Cl. The zero-order chi connectivity index (χ0) is 11.2. The minimum absolute atomic E-state index is 0. The van der Waals surface area contributed by atoms with Crippen molar-refractivity contribution in [3.63, 3.8) is 0 Å². The minimum Gasteiger partial charge on any atom is -0.464 e. The van der Waals surface area contributed by atoms with E-state index in [0.29, 0.717) is 6.61 Å². The minimum atomic E-state index is -0.863. The van der Waals surface area contributed by atoms with Crippen LogP contribution in [0.25, 0.3) is 0 Å². The van der Waals surface area contributed by atoms with Gasteiger partial charge in [-0.15, -0.1) is 12.4 Å². The van der Waals surface area contributed by atoms with Crippen LogP contribution >= 0.6 is 12.4 Å². The summed E-state index contributed by atoms with van der Waals surface area (Å²) in [5, 5.41) is 0. The largest absolute Gasteiger partial charge is 0.464 e. The van der Waals surface area contributed by atoms with Crippen molar-refractivity contribution in [3.05, 3.63) is 0 Å². The van der Waals surface area contributed by atoms with Crippen molar-refractivity contribution in [2.45, 2.75) is 52.5 Å². The maximum absolute atomic E-state index is 11.2. The van der Waals surface area contributed by atoms with Crippen LogP contribution in [-0.2, 0) is 9.53 Å². The number of halogens is 1. The van der Waals surface area contributed by atoms with Crippen molar-refractivity contribution in [1.29, 1.82) is 0 Å². The third-order valence-corrected chi connectivity index (χ3v) is 1.94. The third kappa shape index (κ3) is 10.0. The molecule has 0 heterocycles. The Morgan fingerprint density at radius 2 is 1.87 bits per heavy atom. The Kier molecular flexibility index (Phi) is 9.07. The molecule has 0 atom stereocenters. The first-order chi connectivity index (χ1) is 6.34. The van der Waals surface area contributed by atoms with Crippen molar-refractivity contribution in [2.24, 2.45) is 11.7 Å². The van der Waals surface area contributed by atoms with Crippen molar-refractivity contribution >= 4 is 18.4 Å². The second kappa shape index (κ2) is 7.94. The van der Waals surface area contributed by atoms with Crippen LogP contribution in [0.15, 0.2) is 0 Å². The molecule has 0 aliphatic carbocycles. The summed E-state index contributed by atoms with van der Waals surface area (Å²) in [7, 11) is 0. The molecular weight excluding hydrogens is 214 g/mol. The molecule has 0 amide bonds. The molecule has 0 fully saturated rings. The fraction of sp³-hybridized carbons (Fsp3) is 0.909. The van der Waals surface area contributed by atoms with Crippen LogP contribution in [-0.4, -0.2) is 18.1 Å². The molecule has 0 saturated carbocycles. The highest BCUT2D eigenvalue weighted by Gasteiger charge is 2.23. The molecule has 2 N–H and O–H groups in total. The van der Waals surface area contributed by atoms with Gasteiger partial charge in [-0.05, 0) is 32.6 Å². The highest BCUT2D eigenvalue weighted by Crippen LogP contribution is 2.07. The molecule has 0 aromatic rings. The smallest absolute Gasteiger partial charge is 0.325 e. The lowest BCUT2D eigenvalue weighted by atomic mass is 10.1. The van der Waals surface area contributed by atoms with Gasteiger partial charge in [0.25, 0.3) is 0 Å². The summed E-state index contributed by atoms with van der Waals surface area (Å²) in [5.74, 6) is 0.402. The van der Waals surface area contributed by atoms with Crippen LogP contribution in [0.3, 0.4) is 0 Å². The molecule has 3 nitrogen and oxygen atoms in total. The van der Waals surface area contributed by atoms with E-state index < -0.39 is 5.54 Å². The number of esters is 1. The molecule has 0 saturated heterocycles. The van der Waals surface area contributed by atoms with Crippen molar-refractivity contribution in [1.82, 2.24) is 0 Å². The molecule has 0 bridgehead atoms. The number of unbranched alkanes of at least 4 members (excludes halogenated alkanes) is 1. The topological polar surface area (TPSA) is 52.3 Å². The average Bonchev–Trinajstić information content (AvgIpc) is 2.01. The average molecular weight is 238 g/mol. The zero-order valence-electron chi connectivity index (χ0n) is 10.2. The number of hydrogen-bond acceptors (Lipinski definition) is 3. The highest BCUT2D eigenvalue weighted by molar-refractivity contribution is 5.85. The Bertz CT molecular complexity index is 176. The maximum Gasteiger partial charge on any atom is 0.325 e. The van der Waals surface area contributed by atoms with Crippen molar-refractivity contribution in [2.75, 3.05) is 6.61 Å². The van der Waals surface area contributed by atoms with Crippen LogP contribution in [0.1, 0.15) is 47.0 Å². The van der Waals surface area contributed by atoms with Gasteiger partial charge < -0.3 is 10.5 Å². The van der Waals surface area contributed by atoms with Crippen molar-refractivity contribution in [3.8, 4) is 0 Å². The number of carbonyl (C=O) groups is 1. The molecule has 15 heavy (non-hydrogen) atoms. The fourth-order valence-corrected chi connectivity index (χ4v) is 1.01. The molecule has 0 unspecified atom stereocenters. The summed E-state index contributed by atoms with van der Waals surface area (Å²) in [6.45, 7) is 8.18. The molecule has 0 rings (SSSR count). The predicted molar refractivity (Wildman–Crippen MR) is 65.2 cm³/mol. The number of carbonyl (C=O) groups excluding carboxylic acids is 1. The van der Waals surface area contributed by atoms with Gasteiger partial charge in [-0.25, -0.2) is 0 Å². The zero-order valence-corrected chi connectivity index (χ0v) is 11.0. The van der Waals surface area contributed by atoms with Gasteiger partial charge in [0.2, 0.25) is 0 Å². The molecule has 0 aliphatic heterocycles. The van der Waals surface area contributed by atoms with E-state index in [2.05, 4.69) is 13.8 Å². The highest BCUT2D eigenvalue weighted by atomic mass is 35.5. The van der Waals surface area contributed by atoms with Gasteiger partial charge in [-0.3, -0.25) is 4.79 Å². The van der Waals surface area contributed by atoms with Gasteiger partial charge in [-0.1, -0.05) is 20.3 Å². The second-order valence-corrected chi connectivity index (χ2v) is 4.75. The van der Waals surface area contributed by atoms with Gasteiger partial charge in [0, 0.05) is 0 Å². The van der Waals surface area contributed by atoms with E-state index in [1.54, 1.807) is 13.8 Å². The summed E-state index contributed by atoms with van der Waals surface area (Å²) in [6.07, 6.45) is 3.22. The molecular formula is C11H24ClNO2. The summed E-state index contributed by atoms with van der Waals surface area (Å²) in [6, 6.07) is 0. The first-order valence-corrected chi connectivity index (χ1v) is 5.30. The molecule has 0 spiro atoms. The quantitative estimate of drug-likeness (QED) is 0.571. The van der Waals surface area contributed by atoms with Gasteiger partial charge in [-0.2, -0.15) is 0 Å². The molecule has 0 aliphatic rings. The Hall–Kier alpha value is -0.280. The van der Waals surface area contributed by atoms with E-state index in [-0.39, 0.29) is 18.4 Å². The normalized spacial score (nSPS) is 11.1. The molecule has 0 aromatic carbocycles. The molecule has 4 heteroatoms. The maximum atomic E-state index is 11.2. The Labute approximate surface area is 99.2 Å². The van der Waals surface area contributed by atoms with Gasteiger partial charge in [0.15, 0.2) is 0 Å². The lowest BCUT2D eigenvalue weighted by Crippen LogP contribution is -2.42. The summed E-state index contributed by atoms with van der Waals surface area (Å²) in [4.78, 5) is 11.2. The number of rotatable bonds is 6. The van der Waals surface area contributed by atoms with Crippen LogP contribution < -0.4 is 5.73 Å². The molecule has 0 aromatic heterocycles. The standard InChI is InChI=1S/C11H23NO2.ClH/c1-9(2)7-5-6-8-14-10(13)11(3,4)12;/h9H,5-8,12H2,1-4H3;1H. The van der Waals surface area contributed by atoms with Gasteiger partial charge in [0.05, 0.1) is 6.61 Å². The number of hydrogen-bond donors (Lipinski definition) is 1. The van der Waals surface area contributed by atoms with E-state index in [4.69, 9.17) is 10.5 Å². The Morgan fingerprint density at radius 1 is 1.33 bits per heavy atom. The summed E-state index contributed by atoms with van der Waals surface area (Å²) >= 11 is 0. The van der Waals surface area contributed by atoms with E-state index in [1.165, 1.54) is 6.42 Å². The summed E-state index contributed by atoms with van der Waals surface area (Å²) < 4.78 is 5.02. The second-order valence-electron chi connectivity index (χ2n) is 4.75. The lowest BCUT2D eigenvalue weighted by Gasteiger charge is -2.16. The van der Waals surface area contributed by atoms with E-state index in [1.807, 2.05) is 0 Å². The van der Waals surface area contributed by atoms with Crippen LogP contribution in [0.4, 0.5) is 0 Å². The van der Waals surface area contributed by atoms with Gasteiger partial charge >= 0.3 is 5.97 Å². The first-order valence-electron chi connectivity index (χ1n) is 5.30. The van der Waals surface area contributed by atoms with Crippen LogP contribution in [0.2, 0.25) is 0 Å². The Balaban J connectivity index is 0. The van der Waals surface area contributed by atoms with E-state index >= 15 is 0 Å². The third-order valence-electron chi connectivity index (χ3n) is 1.94. The Morgan fingerprint density at radius 3 is 2.27 bits per heavy atom. The number of ether oxygens (including phenoxy) is 1. The van der Waals surface area contributed by atoms with Crippen LogP contribution in [0, 0.1) is 5.92 Å². The lowest BCUT2D eigenvalue weighted by molar-refractivity contribution is -0.148. The van der Waals surface area contributed by atoms with Crippen molar-refractivity contribution < 1.29 is 9.53 Å². The first kappa shape index (κ1) is 17.1. The summed E-state index contributed by atoms with van der Waals surface area (Å²) in [5.41, 5.74) is 4.70. The molecule has 0 radical (unpaired) electrons. The monoisotopic (exact) mass is 237 g/mol. The fourth-order valence-electron chi connectivity index (χ4n) is 1.01. The van der Waals surface area contributed by atoms with E-state index in [9.17, 15) is 4.79 Å². The van der Waals surface area contributed by atoms with Crippen LogP contribution in [0.5, 0.6) is 0 Å². The number of nitrogens with two attached hydrogens (primary N) is 1. The van der Waals surface area contributed by atoms with Gasteiger partial charge in [0.1, 0.15) is 5.54 Å². The predicted octanol–water partition coefficient (Wildman–Crippen LogP) is 2.52. The van der Waals surface area contributed by atoms with E-state index in [0.717, 1.165) is 18.8 Å².